The van der Waals surface area contributed by atoms with Gasteiger partial charge in [-0.3, -0.25) is 0 Å². The molecule has 0 heterocycles. The fourth-order valence-corrected chi connectivity index (χ4v) is 2.25. The standard InChI is InChI=1S/C14H23NO5S/c1-10(15)7-11-8-12(18-2)14(13(9-11)19-3)20-5-6-21(4,16)17/h8-10H,5-7,15H2,1-4H3. The zero-order chi connectivity index (χ0) is 16.0. The van der Waals surface area contributed by atoms with Crippen LogP contribution in [0.3, 0.4) is 0 Å². The molecule has 2 N–H and O–H groups in total. The minimum atomic E-state index is -3.08. The van der Waals surface area contributed by atoms with Crippen molar-refractivity contribution in [2.75, 3.05) is 32.8 Å². The van der Waals surface area contributed by atoms with Gasteiger partial charge in [-0.25, -0.2) is 8.42 Å². The summed E-state index contributed by atoms with van der Waals surface area (Å²) in [5.41, 5.74) is 6.76. The Kier molecular flexibility index (Phi) is 6.29. The van der Waals surface area contributed by atoms with Gasteiger partial charge < -0.3 is 19.9 Å². The number of sulfone groups is 1. The van der Waals surface area contributed by atoms with Crippen molar-refractivity contribution in [1.82, 2.24) is 0 Å². The lowest BCUT2D eigenvalue weighted by atomic mass is 10.1. The van der Waals surface area contributed by atoms with Gasteiger partial charge in [0, 0.05) is 12.3 Å². The van der Waals surface area contributed by atoms with Gasteiger partial charge in [-0.05, 0) is 31.0 Å². The van der Waals surface area contributed by atoms with E-state index in [0.29, 0.717) is 23.7 Å². The Morgan fingerprint density at radius 1 is 1.19 bits per heavy atom. The van der Waals surface area contributed by atoms with Crippen molar-refractivity contribution >= 4 is 9.84 Å². The zero-order valence-corrected chi connectivity index (χ0v) is 13.7. The first-order valence-electron chi connectivity index (χ1n) is 6.57. The van der Waals surface area contributed by atoms with Gasteiger partial charge in [0.25, 0.3) is 0 Å². The monoisotopic (exact) mass is 317 g/mol. The van der Waals surface area contributed by atoms with Crippen molar-refractivity contribution in [3.05, 3.63) is 17.7 Å². The number of methoxy groups -OCH3 is 2. The second-order valence-electron chi connectivity index (χ2n) is 4.99. The Balaban J connectivity index is 3.00. The van der Waals surface area contributed by atoms with Crippen molar-refractivity contribution in [2.24, 2.45) is 5.73 Å². The third-order valence-corrected chi connectivity index (χ3v) is 3.69. The summed E-state index contributed by atoms with van der Waals surface area (Å²) in [6, 6.07) is 3.65. The van der Waals surface area contributed by atoms with Crippen LogP contribution in [0.15, 0.2) is 12.1 Å². The van der Waals surface area contributed by atoms with Crippen molar-refractivity contribution in [1.29, 1.82) is 0 Å². The highest BCUT2D eigenvalue weighted by Crippen LogP contribution is 2.38. The van der Waals surface area contributed by atoms with Crippen LogP contribution in [0, 0.1) is 0 Å². The summed E-state index contributed by atoms with van der Waals surface area (Å²) in [6.45, 7) is 1.95. The third kappa shape index (κ3) is 5.81. The lowest BCUT2D eigenvalue weighted by Gasteiger charge is -2.16. The van der Waals surface area contributed by atoms with E-state index in [4.69, 9.17) is 19.9 Å². The van der Waals surface area contributed by atoms with E-state index in [1.165, 1.54) is 14.2 Å². The van der Waals surface area contributed by atoms with Crippen LogP contribution in [-0.2, 0) is 16.3 Å². The van der Waals surface area contributed by atoms with E-state index in [1.807, 2.05) is 19.1 Å². The fraction of sp³-hybridized carbons (Fsp3) is 0.571. The van der Waals surface area contributed by atoms with Gasteiger partial charge in [-0.2, -0.15) is 0 Å². The molecule has 120 valence electrons. The molecule has 0 aliphatic carbocycles. The van der Waals surface area contributed by atoms with Crippen molar-refractivity contribution < 1.29 is 22.6 Å². The molecule has 0 saturated heterocycles. The molecule has 1 aromatic carbocycles. The number of ether oxygens (including phenoxy) is 3. The molecule has 1 atom stereocenters. The number of hydrogen-bond donors (Lipinski definition) is 1. The average Bonchev–Trinajstić information content (AvgIpc) is 2.37. The van der Waals surface area contributed by atoms with E-state index in [-0.39, 0.29) is 18.4 Å². The number of hydrogen-bond acceptors (Lipinski definition) is 6. The van der Waals surface area contributed by atoms with Crippen LogP contribution >= 0.6 is 0 Å². The minimum Gasteiger partial charge on any atom is -0.493 e. The van der Waals surface area contributed by atoms with Crippen LogP contribution in [0.1, 0.15) is 12.5 Å². The Hall–Kier alpha value is -1.47. The number of nitrogens with two attached hydrogens (primary N) is 1. The van der Waals surface area contributed by atoms with Gasteiger partial charge >= 0.3 is 0 Å². The first-order chi connectivity index (χ1) is 9.76. The van der Waals surface area contributed by atoms with Gasteiger partial charge in [0.15, 0.2) is 21.3 Å². The van der Waals surface area contributed by atoms with E-state index >= 15 is 0 Å². The van der Waals surface area contributed by atoms with Crippen LogP contribution < -0.4 is 19.9 Å². The lowest BCUT2D eigenvalue weighted by Crippen LogP contribution is -2.18. The first-order valence-corrected chi connectivity index (χ1v) is 8.64. The first kappa shape index (κ1) is 17.6. The molecule has 0 aromatic heterocycles. The molecule has 21 heavy (non-hydrogen) atoms. The molecule has 0 radical (unpaired) electrons. The predicted octanol–water partition coefficient (Wildman–Crippen LogP) is 1.02. The van der Waals surface area contributed by atoms with Gasteiger partial charge in [0.1, 0.15) is 6.61 Å². The van der Waals surface area contributed by atoms with E-state index in [2.05, 4.69) is 0 Å². The molecule has 0 fully saturated rings. The Morgan fingerprint density at radius 2 is 1.71 bits per heavy atom. The maximum Gasteiger partial charge on any atom is 0.203 e. The SMILES string of the molecule is COc1cc(CC(C)N)cc(OC)c1OCCS(C)(=O)=O. The van der Waals surface area contributed by atoms with E-state index in [9.17, 15) is 8.42 Å². The zero-order valence-electron chi connectivity index (χ0n) is 12.9. The van der Waals surface area contributed by atoms with Gasteiger partial charge in [-0.1, -0.05) is 0 Å². The van der Waals surface area contributed by atoms with Gasteiger partial charge in [0.05, 0.1) is 20.0 Å². The van der Waals surface area contributed by atoms with Crippen LogP contribution in [0.25, 0.3) is 0 Å². The second-order valence-corrected chi connectivity index (χ2v) is 7.25. The normalized spacial score (nSPS) is 12.8. The third-order valence-electron chi connectivity index (χ3n) is 2.78. The average molecular weight is 317 g/mol. The highest BCUT2D eigenvalue weighted by atomic mass is 32.2. The lowest BCUT2D eigenvalue weighted by molar-refractivity contribution is 0.288. The van der Waals surface area contributed by atoms with Crippen LogP contribution in [-0.4, -0.2) is 47.3 Å². The molecule has 6 nitrogen and oxygen atoms in total. The van der Waals surface area contributed by atoms with E-state index in [0.717, 1.165) is 11.8 Å². The Labute approximate surface area is 126 Å². The summed E-state index contributed by atoms with van der Waals surface area (Å²) < 4.78 is 38.4. The molecule has 1 rings (SSSR count). The summed E-state index contributed by atoms with van der Waals surface area (Å²) in [4.78, 5) is 0. The van der Waals surface area contributed by atoms with Gasteiger partial charge in [-0.15, -0.1) is 0 Å². The largest absolute Gasteiger partial charge is 0.493 e. The maximum atomic E-state index is 11.1. The van der Waals surface area contributed by atoms with Crippen LogP contribution in [0.4, 0.5) is 0 Å². The number of rotatable bonds is 8. The van der Waals surface area contributed by atoms with Gasteiger partial charge in [0.2, 0.25) is 5.75 Å². The second kappa shape index (κ2) is 7.51. The topological polar surface area (TPSA) is 87.8 Å². The summed E-state index contributed by atoms with van der Waals surface area (Å²) in [5, 5.41) is 0. The summed E-state index contributed by atoms with van der Waals surface area (Å²) in [5.74, 6) is 1.33. The molecule has 7 heteroatoms. The predicted molar refractivity (Wildman–Crippen MR) is 82.1 cm³/mol. The molecule has 1 unspecified atom stereocenters. The smallest absolute Gasteiger partial charge is 0.203 e. The molecule has 0 aliphatic heterocycles. The summed E-state index contributed by atoms with van der Waals surface area (Å²) in [6.07, 6.45) is 1.84. The Bertz CT molecular complexity index is 544. The molecule has 0 saturated carbocycles. The highest BCUT2D eigenvalue weighted by molar-refractivity contribution is 7.90. The molecule has 0 amide bonds. The van der Waals surface area contributed by atoms with E-state index in [1.54, 1.807) is 0 Å². The van der Waals surface area contributed by atoms with E-state index < -0.39 is 9.84 Å². The van der Waals surface area contributed by atoms with Crippen LogP contribution in [0.2, 0.25) is 0 Å². The highest BCUT2D eigenvalue weighted by Gasteiger charge is 2.15. The number of benzene rings is 1. The van der Waals surface area contributed by atoms with Crippen molar-refractivity contribution in [3.8, 4) is 17.2 Å². The molecular formula is C14H23NO5S. The fourth-order valence-electron chi connectivity index (χ4n) is 1.86. The quantitative estimate of drug-likeness (QED) is 0.770. The molecular weight excluding hydrogens is 294 g/mol. The maximum absolute atomic E-state index is 11.1. The molecule has 0 spiro atoms. The Morgan fingerprint density at radius 3 is 2.10 bits per heavy atom. The summed E-state index contributed by atoms with van der Waals surface area (Å²) in [7, 11) is -0.0373. The molecule has 1 aromatic rings. The summed E-state index contributed by atoms with van der Waals surface area (Å²) >= 11 is 0. The molecule has 0 aliphatic rings. The van der Waals surface area contributed by atoms with Crippen LogP contribution in [0.5, 0.6) is 17.2 Å². The molecule has 0 bridgehead atoms. The van der Waals surface area contributed by atoms with Crippen molar-refractivity contribution in [2.45, 2.75) is 19.4 Å². The van der Waals surface area contributed by atoms with Crippen molar-refractivity contribution in [3.63, 3.8) is 0 Å². The minimum absolute atomic E-state index is 0.0106.